The summed E-state index contributed by atoms with van der Waals surface area (Å²) in [7, 11) is 0. The number of aromatic nitrogens is 2. The minimum atomic E-state index is -0.491. The molecule has 4 rings (SSSR count). The van der Waals surface area contributed by atoms with Crippen molar-refractivity contribution in [3.8, 4) is 5.69 Å². The van der Waals surface area contributed by atoms with E-state index in [9.17, 15) is 14.7 Å². The Labute approximate surface area is 176 Å². The normalized spacial score (nSPS) is 23.1. The first kappa shape index (κ1) is 20.6. The van der Waals surface area contributed by atoms with Gasteiger partial charge in [-0.15, -0.1) is 0 Å². The number of hydrogen-bond donors (Lipinski definition) is 3. The molecule has 1 aromatic heterocycles. The Morgan fingerprint density at radius 2 is 1.93 bits per heavy atom. The fraction of sp³-hybridized carbons (Fsp3) is 0.522. The van der Waals surface area contributed by atoms with Crippen molar-refractivity contribution < 1.29 is 14.7 Å². The second-order valence-electron chi connectivity index (χ2n) is 9.50. The fourth-order valence-corrected chi connectivity index (χ4v) is 4.79. The number of aliphatic hydroxyl groups is 1. The number of aryl methyl sites for hydroxylation is 1. The van der Waals surface area contributed by atoms with Crippen molar-refractivity contribution in [3.63, 3.8) is 0 Å². The molecule has 0 bridgehead atoms. The molecule has 1 aromatic carbocycles. The number of amides is 1. The van der Waals surface area contributed by atoms with Gasteiger partial charge in [0.2, 0.25) is 0 Å². The van der Waals surface area contributed by atoms with Gasteiger partial charge in [-0.25, -0.2) is 4.68 Å². The van der Waals surface area contributed by atoms with Crippen molar-refractivity contribution in [2.75, 3.05) is 5.32 Å². The first-order chi connectivity index (χ1) is 14.1. The smallest absolute Gasteiger partial charge is 0.250 e. The third-order valence-corrected chi connectivity index (χ3v) is 6.29. The van der Waals surface area contributed by atoms with E-state index in [0.717, 1.165) is 54.7 Å². The molecule has 0 spiro atoms. The number of fused-ring (bicyclic) bond motifs is 1. The number of ketones is 1. The van der Waals surface area contributed by atoms with Gasteiger partial charge >= 0.3 is 0 Å². The SMILES string of the molecule is Cc1nn(-c2ccc(C(N)=O)c(N[C@H]3CC[C@H](O)CC3)c2)c2c1C(=O)CC(C)(C)C2. The predicted molar refractivity (Wildman–Crippen MR) is 115 cm³/mol. The number of nitrogens with one attached hydrogen (secondary N) is 1. The molecular formula is C23H30N4O3. The van der Waals surface area contributed by atoms with Crippen LogP contribution in [0.3, 0.4) is 0 Å². The number of rotatable bonds is 4. The summed E-state index contributed by atoms with van der Waals surface area (Å²) in [5.74, 6) is -0.354. The molecule has 0 unspecified atom stereocenters. The Hall–Kier alpha value is -2.67. The van der Waals surface area contributed by atoms with Crippen LogP contribution >= 0.6 is 0 Å². The van der Waals surface area contributed by atoms with Crippen molar-refractivity contribution in [2.24, 2.45) is 11.1 Å². The summed E-state index contributed by atoms with van der Waals surface area (Å²) in [5.41, 5.74) is 9.78. The average Bonchev–Trinajstić information content (AvgIpc) is 2.98. The van der Waals surface area contributed by atoms with Gasteiger partial charge in [0.15, 0.2) is 5.78 Å². The number of Topliss-reactive ketones (excluding diaryl/α,β-unsaturated/α-hetero) is 1. The van der Waals surface area contributed by atoms with E-state index < -0.39 is 5.91 Å². The van der Waals surface area contributed by atoms with Crippen molar-refractivity contribution in [1.82, 2.24) is 9.78 Å². The van der Waals surface area contributed by atoms with Crippen molar-refractivity contribution in [2.45, 2.75) is 71.4 Å². The van der Waals surface area contributed by atoms with Crippen LogP contribution in [0.1, 0.15) is 78.1 Å². The third kappa shape index (κ3) is 3.86. The Balaban J connectivity index is 1.73. The Morgan fingerprint density at radius 1 is 1.23 bits per heavy atom. The Bertz CT molecular complexity index is 1000. The Morgan fingerprint density at radius 3 is 2.60 bits per heavy atom. The van der Waals surface area contributed by atoms with Gasteiger partial charge in [-0.1, -0.05) is 13.8 Å². The number of benzene rings is 1. The van der Waals surface area contributed by atoms with E-state index in [2.05, 4.69) is 24.3 Å². The maximum atomic E-state index is 12.7. The number of carbonyl (C=O) groups excluding carboxylic acids is 2. The molecule has 1 amide bonds. The molecule has 30 heavy (non-hydrogen) atoms. The molecule has 0 aliphatic heterocycles. The molecule has 0 radical (unpaired) electrons. The number of primary amides is 1. The van der Waals surface area contributed by atoms with Crippen molar-refractivity contribution >= 4 is 17.4 Å². The summed E-state index contributed by atoms with van der Waals surface area (Å²) in [6, 6.07) is 5.62. The third-order valence-electron chi connectivity index (χ3n) is 6.29. The molecule has 7 heteroatoms. The quantitative estimate of drug-likeness (QED) is 0.717. The minimum Gasteiger partial charge on any atom is -0.393 e. The maximum Gasteiger partial charge on any atom is 0.250 e. The van der Waals surface area contributed by atoms with Crippen LogP contribution in [-0.2, 0) is 6.42 Å². The van der Waals surface area contributed by atoms with Crippen LogP contribution < -0.4 is 11.1 Å². The average molecular weight is 411 g/mol. The molecule has 1 saturated carbocycles. The number of carbonyl (C=O) groups is 2. The number of hydrogen-bond acceptors (Lipinski definition) is 5. The van der Waals surface area contributed by atoms with E-state index in [1.165, 1.54) is 0 Å². The largest absolute Gasteiger partial charge is 0.393 e. The van der Waals surface area contributed by atoms with E-state index in [0.29, 0.717) is 17.7 Å². The van der Waals surface area contributed by atoms with Crippen LogP contribution in [-0.4, -0.2) is 38.7 Å². The zero-order valence-electron chi connectivity index (χ0n) is 17.9. The van der Waals surface area contributed by atoms with E-state index in [4.69, 9.17) is 5.73 Å². The van der Waals surface area contributed by atoms with Crippen LogP contribution in [0.15, 0.2) is 18.2 Å². The summed E-state index contributed by atoms with van der Waals surface area (Å²) in [6.07, 6.45) is 4.19. The lowest BCUT2D eigenvalue weighted by molar-refractivity contribution is 0.0909. The van der Waals surface area contributed by atoms with Crippen LogP contribution in [0.2, 0.25) is 0 Å². The summed E-state index contributed by atoms with van der Waals surface area (Å²) < 4.78 is 1.84. The van der Waals surface area contributed by atoms with Crippen LogP contribution in [0.25, 0.3) is 5.69 Å². The topological polar surface area (TPSA) is 110 Å². The highest BCUT2D eigenvalue weighted by atomic mass is 16.3. The number of nitrogens with zero attached hydrogens (tertiary/aromatic N) is 2. The molecule has 1 fully saturated rings. The first-order valence-electron chi connectivity index (χ1n) is 10.6. The molecule has 2 aromatic rings. The molecule has 1 heterocycles. The molecule has 4 N–H and O–H groups in total. The molecular weight excluding hydrogens is 380 g/mol. The van der Waals surface area contributed by atoms with Gasteiger partial charge in [-0.2, -0.15) is 5.10 Å². The zero-order chi connectivity index (χ0) is 21.6. The first-order valence-corrected chi connectivity index (χ1v) is 10.6. The van der Waals surface area contributed by atoms with Crippen molar-refractivity contribution in [3.05, 3.63) is 40.7 Å². The fourth-order valence-electron chi connectivity index (χ4n) is 4.79. The van der Waals surface area contributed by atoms with Crippen LogP contribution in [0, 0.1) is 12.3 Å². The summed E-state index contributed by atoms with van der Waals surface area (Å²) in [5, 5.41) is 17.9. The van der Waals surface area contributed by atoms with Gasteiger partial charge in [0.05, 0.1) is 34.3 Å². The molecule has 0 saturated heterocycles. The van der Waals surface area contributed by atoms with Gasteiger partial charge in [-0.3, -0.25) is 9.59 Å². The highest BCUT2D eigenvalue weighted by Gasteiger charge is 2.35. The van der Waals surface area contributed by atoms with Gasteiger partial charge in [-0.05, 0) is 62.6 Å². The number of anilines is 1. The lowest BCUT2D eigenvalue weighted by atomic mass is 9.75. The van der Waals surface area contributed by atoms with Gasteiger partial charge in [0.25, 0.3) is 5.91 Å². The Kier molecular flexibility index (Phi) is 5.18. The standard InChI is InChI=1S/C23H30N4O3/c1-13-21-19(11-23(2,3)12-20(21)29)27(26-13)15-6-9-17(22(24)30)18(10-15)25-14-4-7-16(28)8-5-14/h6,9-10,14,16,25,28H,4-5,7-8,11-12H2,1-3H3,(H2,24,30)/t14-,16-. The molecule has 0 atom stereocenters. The maximum absolute atomic E-state index is 12.7. The number of aliphatic hydroxyl groups excluding tert-OH is 1. The predicted octanol–water partition coefficient (Wildman–Crippen LogP) is 3.15. The van der Waals surface area contributed by atoms with E-state index in [1.54, 1.807) is 6.07 Å². The number of nitrogens with two attached hydrogens (primary N) is 1. The summed E-state index contributed by atoms with van der Waals surface area (Å²) in [4.78, 5) is 24.7. The van der Waals surface area contributed by atoms with Crippen LogP contribution in [0.5, 0.6) is 0 Å². The molecule has 2 aliphatic carbocycles. The van der Waals surface area contributed by atoms with Gasteiger partial charge in [0.1, 0.15) is 0 Å². The highest BCUT2D eigenvalue weighted by Crippen LogP contribution is 2.37. The minimum absolute atomic E-state index is 0.120. The zero-order valence-corrected chi connectivity index (χ0v) is 17.9. The van der Waals surface area contributed by atoms with Gasteiger partial charge < -0.3 is 16.2 Å². The van der Waals surface area contributed by atoms with Crippen LogP contribution in [0.4, 0.5) is 5.69 Å². The monoisotopic (exact) mass is 410 g/mol. The highest BCUT2D eigenvalue weighted by molar-refractivity contribution is 6.00. The van der Waals surface area contributed by atoms with Crippen molar-refractivity contribution in [1.29, 1.82) is 0 Å². The molecule has 7 nitrogen and oxygen atoms in total. The van der Waals surface area contributed by atoms with E-state index in [1.807, 2.05) is 23.7 Å². The van der Waals surface area contributed by atoms with E-state index in [-0.39, 0.29) is 23.3 Å². The summed E-state index contributed by atoms with van der Waals surface area (Å²) >= 11 is 0. The second kappa shape index (κ2) is 7.54. The lowest BCUT2D eigenvalue weighted by Gasteiger charge is -2.29. The second-order valence-corrected chi connectivity index (χ2v) is 9.50. The van der Waals surface area contributed by atoms with E-state index >= 15 is 0 Å². The molecule has 2 aliphatic rings. The lowest BCUT2D eigenvalue weighted by Crippen LogP contribution is -2.29. The molecule has 160 valence electrons. The van der Waals surface area contributed by atoms with Gasteiger partial charge in [0, 0.05) is 18.2 Å². The summed E-state index contributed by atoms with van der Waals surface area (Å²) in [6.45, 7) is 6.07.